The monoisotopic (exact) mass is 306 g/mol. The summed E-state index contributed by atoms with van der Waals surface area (Å²) in [5.41, 5.74) is 2.77. The molecule has 0 saturated heterocycles. The van der Waals surface area contributed by atoms with Crippen molar-refractivity contribution in [2.45, 2.75) is 25.3 Å². The summed E-state index contributed by atoms with van der Waals surface area (Å²) in [6, 6.07) is 10.5. The van der Waals surface area contributed by atoms with E-state index in [4.69, 9.17) is 5.14 Å². The van der Waals surface area contributed by atoms with Crippen molar-refractivity contribution in [2.75, 3.05) is 5.32 Å². The van der Waals surface area contributed by atoms with Crippen molar-refractivity contribution in [1.82, 2.24) is 0 Å². The molecular weight excluding hydrogens is 288 g/mol. The highest BCUT2D eigenvalue weighted by molar-refractivity contribution is 7.89. The summed E-state index contributed by atoms with van der Waals surface area (Å²) in [6.07, 6.45) is 0. The predicted octanol–water partition coefficient (Wildman–Crippen LogP) is 2.27. The van der Waals surface area contributed by atoms with E-state index in [9.17, 15) is 13.5 Å². The molecule has 0 saturated carbocycles. The highest BCUT2D eigenvalue weighted by atomic mass is 32.2. The van der Waals surface area contributed by atoms with E-state index in [1.54, 1.807) is 19.1 Å². The Morgan fingerprint density at radius 2 is 1.86 bits per heavy atom. The highest BCUT2D eigenvalue weighted by Crippen LogP contribution is 2.24. The Labute approximate surface area is 124 Å². The van der Waals surface area contributed by atoms with E-state index in [-0.39, 0.29) is 10.6 Å². The first kappa shape index (κ1) is 15.3. The van der Waals surface area contributed by atoms with Crippen LogP contribution < -0.4 is 10.5 Å². The maximum absolute atomic E-state index is 11.5. The van der Waals surface area contributed by atoms with E-state index >= 15 is 0 Å². The summed E-state index contributed by atoms with van der Waals surface area (Å²) in [5.74, 6) is 0.240. The molecule has 112 valence electrons. The first-order valence-corrected chi connectivity index (χ1v) is 7.98. The molecule has 2 rings (SSSR count). The molecule has 0 unspecified atom stereocenters. The normalized spacial score (nSPS) is 11.4. The average Bonchev–Trinajstić information content (AvgIpc) is 2.40. The zero-order valence-corrected chi connectivity index (χ0v) is 12.7. The second kappa shape index (κ2) is 5.75. The van der Waals surface area contributed by atoms with Gasteiger partial charge >= 0.3 is 0 Å². The molecule has 0 amide bonds. The molecule has 2 aromatic carbocycles. The number of nitrogens with one attached hydrogen (secondary N) is 1. The van der Waals surface area contributed by atoms with Gasteiger partial charge in [0.2, 0.25) is 10.0 Å². The maximum atomic E-state index is 11.5. The number of hydrogen-bond acceptors (Lipinski definition) is 4. The van der Waals surface area contributed by atoms with Gasteiger partial charge in [-0.3, -0.25) is 0 Å². The number of benzene rings is 2. The fraction of sp³-hybridized carbons (Fsp3) is 0.200. The summed E-state index contributed by atoms with van der Waals surface area (Å²) < 4.78 is 23.0. The van der Waals surface area contributed by atoms with Gasteiger partial charge in [0, 0.05) is 17.8 Å². The molecule has 0 bridgehead atoms. The molecule has 0 aromatic heterocycles. The van der Waals surface area contributed by atoms with Gasteiger partial charge in [0.25, 0.3) is 0 Å². The highest BCUT2D eigenvalue weighted by Gasteiger charge is 2.12. The van der Waals surface area contributed by atoms with Crippen molar-refractivity contribution >= 4 is 15.7 Å². The van der Waals surface area contributed by atoms with Crippen LogP contribution in [0.3, 0.4) is 0 Å². The van der Waals surface area contributed by atoms with Crippen LogP contribution in [0, 0.1) is 13.8 Å². The summed E-state index contributed by atoms with van der Waals surface area (Å²) >= 11 is 0. The third-order valence-electron chi connectivity index (χ3n) is 3.30. The number of para-hydroxylation sites is 1. The minimum absolute atomic E-state index is 0.0981. The Bertz CT molecular complexity index is 770. The molecule has 5 nitrogen and oxygen atoms in total. The second-order valence-corrected chi connectivity index (χ2v) is 6.49. The van der Waals surface area contributed by atoms with Gasteiger partial charge in [0.1, 0.15) is 5.75 Å². The molecule has 2 aromatic rings. The minimum atomic E-state index is -3.74. The van der Waals surface area contributed by atoms with Crippen molar-refractivity contribution in [2.24, 2.45) is 5.14 Å². The van der Waals surface area contributed by atoms with Crippen LogP contribution in [0.25, 0.3) is 0 Å². The molecular formula is C15H18N2O3S. The Kier molecular flexibility index (Phi) is 4.20. The van der Waals surface area contributed by atoms with E-state index in [1.165, 1.54) is 6.07 Å². The summed E-state index contributed by atoms with van der Waals surface area (Å²) in [5, 5.41) is 18.2. The fourth-order valence-corrected chi connectivity index (χ4v) is 2.88. The lowest BCUT2D eigenvalue weighted by Crippen LogP contribution is -2.14. The number of anilines is 1. The van der Waals surface area contributed by atoms with Gasteiger partial charge in [-0.05, 0) is 37.1 Å². The number of sulfonamides is 1. The first-order chi connectivity index (χ1) is 9.79. The molecule has 0 heterocycles. The number of nitrogens with two attached hydrogens (primary N) is 1. The van der Waals surface area contributed by atoms with E-state index < -0.39 is 10.0 Å². The number of primary sulfonamides is 1. The van der Waals surface area contributed by atoms with Crippen molar-refractivity contribution in [1.29, 1.82) is 0 Å². The van der Waals surface area contributed by atoms with Crippen LogP contribution in [0.1, 0.15) is 16.7 Å². The van der Waals surface area contributed by atoms with Gasteiger partial charge in [0.05, 0.1) is 4.90 Å². The standard InChI is InChI=1S/C15H18N2O3S/c1-10-6-7-13(8-14(10)21(16,19)20)17-9-12-5-3-4-11(2)15(12)18/h3-8,17-18H,9H2,1-2H3,(H2,16,19,20). The Hall–Kier alpha value is -2.05. The topological polar surface area (TPSA) is 92.4 Å². The second-order valence-electron chi connectivity index (χ2n) is 4.96. The third kappa shape index (κ3) is 3.53. The van der Waals surface area contributed by atoms with Crippen LogP contribution in [0.4, 0.5) is 5.69 Å². The van der Waals surface area contributed by atoms with E-state index in [1.807, 2.05) is 25.1 Å². The number of phenols is 1. The molecule has 4 N–H and O–H groups in total. The van der Waals surface area contributed by atoms with Crippen LogP contribution in [-0.4, -0.2) is 13.5 Å². The average molecular weight is 306 g/mol. The molecule has 6 heteroatoms. The fourth-order valence-electron chi connectivity index (χ4n) is 2.08. The molecule has 0 fully saturated rings. The van der Waals surface area contributed by atoms with Crippen LogP contribution in [0.2, 0.25) is 0 Å². The maximum Gasteiger partial charge on any atom is 0.238 e. The number of aromatic hydroxyl groups is 1. The third-order valence-corrected chi connectivity index (χ3v) is 4.35. The SMILES string of the molecule is Cc1ccc(NCc2cccc(C)c2O)cc1S(N)(=O)=O. The van der Waals surface area contributed by atoms with Crippen LogP contribution in [-0.2, 0) is 16.6 Å². The van der Waals surface area contributed by atoms with Gasteiger partial charge in [-0.15, -0.1) is 0 Å². The van der Waals surface area contributed by atoms with Crippen molar-refractivity contribution in [3.05, 3.63) is 53.1 Å². The minimum Gasteiger partial charge on any atom is -0.507 e. The van der Waals surface area contributed by atoms with Crippen molar-refractivity contribution in [3.8, 4) is 5.75 Å². The smallest absolute Gasteiger partial charge is 0.238 e. The molecule has 0 aliphatic rings. The number of phenolic OH excluding ortho intramolecular Hbond substituents is 1. The van der Waals surface area contributed by atoms with Crippen LogP contribution >= 0.6 is 0 Å². The quantitative estimate of drug-likeness (QED) is 0.808. The lowest BCUT2D eigenvalue weighted by molar-refractivity contribution is 0.465. The van der Waals surface area contributed by atoms with Gasteiger partial charge < -0.3 is 10.4 Å². The Morgan fingerprint density at radius 3 is 2.52 bits per heavy atom. The van der Waals surface area contributed by atoms with E-state index in [2.05, 4.69) is 5.32 Å². The lowest BCUT2D eigenvalue weighted by Gasteiger charge is -2.11. The van der Waals surface area contributed by atoms with Crippen molar-refractivity contribution in [3.63, 3.8) is 0 Å². The van der Waals surface area contributed by atoms with Gasteiger partial charge in [0.15, 0.2) is 0 Å². The molecule has 0 spiro atoms. The molecule has 0 radical (unpaired) electrons. The molecule has 0 aliphatic heterocycles. The first-order valence-electron chi connectivity index (χ1n) is 6.44. The van der Waals surface area contributed by atoms with Crippen LogP contribution in [0.5, 0.6) is 5.75 Å². The lowest BCUT2D eigenvalue weighted by atomic mass is 10.1. The molecule has 0 aliphatic carbocycles. The summed E-state index contributed by atoms with van der Waals surface area (Å²) in [4.78, 5) is 0.0981. The van der Waals surface area contributed by atoms with Crippen LogP contribution in [0.15, 0.2) is 41.3 Å². The number of hydrogen-bond donors (Lipinski definition) is 3. The Morgan fingerprint density at radius 1 is 1.14 bits per heavy atom. The molecule has 0 atom stereocenters. The van der Waals surface area contributed by atoms with Crippen molar-refractivity contribution < 1.29 is 13.5 Å². The predicted molar refractivity (Wildman–Crippen MR) is 82.7 cm³/mol. The van der Waals surface area contributed by atoms with Gasteiger partial charge in [-0.1, -0.05) is 24.3 Å². The van der Waals surface area contributed by atoms with E-state index in [0.717, 1.165) is 11.1 Å². The van der Waals surface area contributed by atoms with Gasteiger partial charge in [-0.25, -0.2) is 13.6 Å². The summed E-state index contributed by atoms with van der Waals surface area (Å²) in [7, 11) is -3.74. The van der Waals surface area contributed by atoms with E-state index in [0.29, 0.717) is 17.8 Å². The largest absolute Gasteiger partial charge is 0.507 e. The zero-order chi connectivity index (χ0) is 15.6. The Balaban J connectivity index is 2.23. The molecule has 21 heavy (non-hydrogen) atoms. The zero-order valence-electron chi connectivity index (χ0n) is 11.9. The van der Waals surface area contributed by atoms with Gasteiger partial charge in [-0.2, -0.15) is 0 Å². The number of rotatable bonds is 4. The summed E-state index contributed by atoms with van der Waals surface area (Å²) in [6.45, 7) is 3.90. The number of aryl methyl sites for hydroxylation is 2.